The summed E-state index contributed by atoms with van der Waals surface area (Å²) in [5, 5.41) is 10.7. The van der Waals surface area contributed by atoms with Crippen molar-refractivity contribution in [3.05, 3.63) is 70.9 Å². The van der Waals surface area contributed by atoms with E-state index in [0.717, 1.165) is 28.8 Å². The molecule has 3 unspecified atom stereocenters. The fraction of sp³-hybridized carbons (Fsp3) is 0.238. The van der Waals surface area contributed by atoms with E-state index < -0.39 is 6.10 Å². The second kappa shape index (κ2) is 6.38. The van der Waals surface area contributed by atoms with Gasteiger partial charge in [-0.1, -0.05) is 35.9 Å². The van der Waals surface area contributed by atoms with Crippen molar-refractivity contribution in [3.8, 4) is 11.8 Å². The molecule has 1 aliphatic rings. The first-order valence-corrected chi connectivity index (χ1v) is 8.74. The van der Waals surface area contributed by atoms with Crippen molar-refractivity contribution in [2.24, 2.45) is 0 Å². The zero-order valence-corrected chi connectivity index (χ0v) is 14.6. The number of halogens is 1. The Bertz CT molecular complexity index is 979. The Morgan fingerprint density at radius 1 is 1.16 bits per heavy atom. The average Bonchev–Trinajstić information content (AvgIpc) is 3.42. The van der Waals surface area contributed by atoms with Gasteiger partial charge in [0.05, 0.1) is 5.52 Å². The molecule has 3 atom stereocenters. The second-order valence-electron chi connectivity index (χ2n) is 6.48. The lowest BCUT2D eigenvalue weighted by molar-refractivity contribution is 0.276. The van der Waals surface area contributed by atoms with Crippen molar-refractivity contribution >= 4 is 22.5 Å². The number of hydrogen-bond acceptors (Lipinski definition) is 3. The van der Waals surface area contributed by atoms with E-state index in [9.17, 15) is 0 Å². The van der Waals surface area contributed by atoms with Crippen LogP contribution >= 0.6 is 11.6 Å². The number of nitriles is 1. The maximum atomic E-state index is 8.89. The molecule has 0 aliphatic heterocycles. The minimum absolute atomic E-state index is 0.423. The summed E-state index contributed by atoms with van der Waals surface area (Å²) in [6.45, 7) is 1.75. The monoisotopic (exact) mass is 348 g/mol. The Kier molecular flexibility index (Phi) is 4.07. The fourth-order valence-electron chi connectivity index (χ4n) is 3.25. The molecule has 0 amide bonds. The first kappa shape index (κ1) is 15.9. The third kappa shape index (κ3) is 3.31. The van der Waals surface area contributed by atoms with Gasteiger partial charge in [0, 0.05) is 22.0 Å². The van der Waals surface area contributed by atoms with Gasteiger partial charge < -0.3 is 4.74 Å². The Hall–Kier alpha value is -2.57. The van der Waals surface area contributed by atoms with Crippen LogP contribution in [0.2, 0.25) is 5.02 Å². The van der Waals surface area contributed by atoms with E-state index in [1.165, 1.54) is 5.56 Å². The van der Waals surface area contributed by atoms with E-state index in [1.807, 2.05) is 36.4 Å². The van der Waals surface area contributed by atoms with Crippen molar-refractivity contribution in [1.29, 1.82) is 5.26 Å². The van der Waals surface area contributed by atoms with Gasteiger partial charge in [-0.25, -0.2) is 0 Å². The summed E-state index contributed by atoms with van der Waals surface area (Å²) in [6.07, 6.45) is 0.633. The number of nitrogens with zero attached hydrogens (tertiary/aromatic N) is 2. The molecular weight excluding hydrogens is 332 g/mol. The lowest BCUT2D eigenvalue weighted by Gasteiger charge is -2.09. The minimum atomic E-state index is -0.447. The van der Waals surface area contributed by atoms with Crippen molar-refractivity contribution in [3.63, 3.8) is 0 Å². The van der Waals surface area contributed by atoms with Gasteiger partial charge in [0.2, 0.25) is 0 Å². The van der Waals surface area contributed by atoms with Crippen LogP contribution in [-0.4, -0.2) is 11.1 Å². The standard InChI is InChI=1S/C21H17ClN2O/c1-13(12-23)25-17-4-2-3-15(9-17)18-11-19(18)20-8-6-14-5-7-16(22)10-21(14)24-20/h2-10,13,18-19H,11H2,1H3. The number of hydrogen-bond donors (Lipinski definition) is 0. The highest BCUT2D eigenvalue weighted by Gasteiger charge is 2.40. The predicted molar refractivity (Wildman–Crippen MR) is 99.0 cm³/mol. The molecule has 1 aliphatic carbocycles. The van der Waals surface area contributed by atoms with Gasteiger partial charge in [-0.3, -0.25) is 4.98 Å². The molecule has 0 saturated heterocycles. The number of aromatic nitrogens is 1. The first-order valence-electron chi connectivity index (χ1n) is 8.36. The van der Waals surface area contributed by atoms with Crippen LogP contribution in [0.1, 0.15) is 36.4 Å². The molecule has 0 radical (unpaired) electrons. The van der Waals surface area contributed by atoms with E-state index in [2.05, 4.69) is 24.3 Å². The molecule has 1 saturated carbocycles. The quantitative estimate of drug-likeness (QED) is 0.629. The Labute approximate surface area is 151 Å². The van der Waals surface area contributed by atoms with Crippen LogP contribution in [0.4, 0.5) is 0 Å². The number of fused-ring (bicyclic) bond motifs is 1. The lowest BCUT2D eigenvalue weighted by atomic mass is 10.1. The van der Waals surface area contributed by atoms with Crippen LogP contribution in [0.25, 0.3) is 10.9 Å². The van der Waals surface area contributed by atoms with Crippen LogP contribution in [0, 0.1) is 11.3 Å². The van der Waals surface area contributed by atoms with E-state index in [-0.39, 0.29) is 0 Å². The SMILES string of the molecule is CC(C#N)Oc1cccc(C2CC2c2ccc3ccc(Cl)cc3n2)c1. The Morgan fingerprint density at radius 3 is 2.84 bits per heavy atom. The highest BCUT2D eigenvalue weighted by Crippen LogP contribution is 2.54. The summed E-state index contributed by atoms with van der Waals surface area (Å²) in [6, 6.07) is 20.1. The normalized spacial score (nSPS) is 20.0. The summed E-state index contributed by atoms with van der Waals surface area (Å²) in [5.74, 6) is 1.62. The van der Waals surface area contributed by atoms with Crippen molar-refractivity contribution in [1.82, 2.24) is 4.98 Å². The van der Waals surface area contributed by atoms with E-state index in [0.29, 0.717) is 16.9 Å². The highest BCUT2D eigenvalue weighted by molar-refractivity contribution is 6.31. The van der Waals surface area contributed by atoms with Crippen LogP contribution in [0.3, 0.4) is 0 Å². The largest absolute Gasteiger partial charge is 0.476 e. The third-order valence-electron chi connectivity index (χ3n) is 4.63. The molecule has 4 rings (SSSR count). The Morgan fingerprint density at radius 2 is 2.00 bits per heavy atom. The van der Waals surface area contributed by atoms with Gasteiger partial charge >= 0.3 is 0 Å². The van der Waals surface area contributed by atoms with Crippen molar-refractivity contribution in [2.45, 2.75) is 31.3 Å². The summed E-state index contributed by atoms with van der Waals surface area (Å²) < 4.78 is 5.60. The minimum Gasteiger partial charge on any atom is -0.476 e. The number of rotatable bonds is 4. The van der Waals surface area contributed by atoms with Crippen LogP contribution < -0.4 is 4.74 Å². The summed E-state index contributed by atoms with van der Waals surface area (Å²) in [5.41, 5.74) is 3.28. The molecule has 0 bridgehead atoms. The van der Waals surface area contributed by atoms with E-state index >= 15 is 0 Å². The number of ether oxygens (including phenoxy) is 1. The molecule has 0 N–H and O–H groups in total. The lowest BCUT2D eigenvalue weighted by Crippen LogP contribution is -2.08. The second-order valence-corrected chi connectivity index (χ2v) is 6.92. The molecule has 2 aromatic carbocycles. The molecule has 3 aromatic rings. The number of benzene rings is 2. The highest BCUT2D eigenvalue weighted by atomic mass is 35.5. The molecule has 3 nitrogen and oxygen atoms in total. The molecule has 4 heteroatoms. The summed E-state index contributed by atoms with van der Waals surface area (Å²) >= 11 is 6.08. The van der Waals surface area contributed by atoms with Crippen molar-refractivity contribution < 1.29 is 4.74 Å². The molecule has 1 aromatic heterocycles. The third-order valence-corrected chi connectivity index (χ3v) is 4.86. The molecule has 1 heterocycles. The number of pyridine rings is 1. The molecule has 0 spiro atoms. The first-order chi connectivity index (χ1) is 12.1. The van der Waals surface area contributed by atoms with Crippen LogP contribution in [0.5, 0.6) is 5.75 Å². The van der Waals surface area contributed by atoms with Gasteiger partial charge in [0.1, 0.15) is 11.8 Å². The van der Waals surface area contributed by atoms with E-state index in [4.69, 9.17) is 26.6 Å². The maximum absolute atomic E-state index is 8.89. The molecule has 25 heavy (non-hydrogen) atoms. The van der Waals surface area contributed by atoms with Crippen LogP contribution in [0.15, 0.2) is 54.6 Å². The van der Waals surface area contributed by atoms with E-state index in [1.54, 1.807) is 6.92 Å². The summed E-state index contributed by atoms with van der Waals surface area (Å²) in [7, 11) is 0. The van der Waals surface area contributed by atoms with Gasteiger partial charge in [0.15, 0.2) is 6.10 Å². The maximum Gasteiger partial charge on any atom is 0.181 e. The topological polar surface area (TPSA) is 45.9 Å². The van der Waals surface area contributed by atoms with Crippen molar-refractivity contribution in [2.75, 3.05) is 0 Å². The fourth-order valence-corrected chi connectivity index (χ4v) is 3.42. The van der Waals surface area contributed by atoms with Gasteiger partial charge in [-0.2, -0.15) is 5.26 Å². The van der Waals surface area contributed by atoms with Gasteiger partial charge in [-0.05, 0) is 55.2 Å². The smallest absolute Gasteiger partial charge is 0.181 e. The summed E-state index contributed by atoms with van der Waals surface area (Å²) in [4.78, 5) is 4.80. The average molecular weight is 349 g/mol. The van der Waals surface area contributed by atoms with Crippen LogP contribution in [-0.2, 0) is 0 Å². The molecule has 1 fully saturated rings. The molecule has 124 valence electrons. The van der Waals surface area contributed by atoms with Gasteiger partial charge in [0.25, 0.3) is 0 Å². The predicted octanol–water partition coefficient (Wildman–Crippen LogP) is 5.45. The zero-order chi connectivity index (χ0) is 17.4. The van der Waals surface area contributed by atoms with Gasteiger partial charge in [-0.15, -0.1) is 0 Å². The molecular formula is C21H17ClN2O. The Balaban J connectivity index is 1.56. The zero-order valence-electron chi connectivity index (χ0n) is 13.8.